The van der Waals surface area contributed by atoms with Crippen LogP contribution in [0.1, 0.15) is 12.5 Å². The molecule has 144 valence electrons. The molecule has 25 heavy (non-hydrogen) atoms. The Hall–Kier alpha value is -1.21. The van der Waals surface area contributed by atoms with Crippen molar-refractivity contribution in [1.29, 1.82) is 0 Å². The van der Waals surface area contributed by atoms with Crippen LogP contribution in [-0.4, -0.2) is 69.2 Å². The van der Waals surface area contributed by atoms with Crippen molar-refractivity contribution >= 4 is 30.7 Å². The minimum Gasteiger partial charge on any atom is -0.493 e. The zero-order valence-electron chi connectivity index (χ0n) is 15.3. The van der Waals surface area contributed by atoms with Gasteiger partial charge in [-0.15, -0.1) is 24.8 Å². The summed E-state index contributed by atoms with van der Waals surface area (Å²) in [6.07, 6.45) is 0. The summed E-state index contributed by atoms with van der Waals surface area (Å²) in [4.78, 5) is 16.6. The van der Waals surface area contributed by atoms with Crippen molar-refractivity contribution < 1.29 is 14.3 Å². The number of nitrogens with one attached hydrogen (secondary N) is 1. The first kappa shape index (κ1) is 23.8. The lowest BCUT2D eigenvalue weighted by molar-refractivity contribution is -0.135. The highest BCUT2D eigenvalue weighted by Gasteiger charge is 2.25. The number of carbonyl (C=O) groups excluding carboxylic acids is 1. The first-order valence-electron chi connectivity index (χ1n) is 7.97. The third kappa shape index (κ3) is 6.22. The van der Waals surface area contributed by atoms with E-state index >= 15 is 0 Å². The topological polar surface area (TPSA) is 54.0 Å². The summed E-state index contributed by atoms with van der Waals surface area (Å²) in [6.45, 7) is 6.25. The first-order valence-corrected chi connectivity index (χ1v) is 7.97. The van der Waals surface area contributed by atoms with Crippen molar-refractivity contribution in [1.82, 2.24) is 15.1 Å². The van der Waals surface area contributed by atoms with Crippen LogP contribution in [-0.2, 0) is 11.3 Å². The SMILES string of the molecule is COc1ccc(CN(C)C(=O)C(C)N2CCNCC2)cc1OC.Cl.Cl. The number of rotatable bonds is 6. The predicted octanol–water partition coefficient (Wildman–Crippen LogP) is 1.80. The van der Waals surface area contributed by atoms with Gasteiger partial charge in [-0.05, 0) is 24.6 Å². The second-order valence-electron chi connectivity index (χ2n) is 5.85. The largest absolute Gasteiger partial charge is 0.493 e. The molecule has 1 atom stereocenters. The van der Waals surface area contributed by atoms with Crippen LogP contribution < -0.4 is 14.8 Å². The average Bonchev–Trinajstić information content (AvgIpc) is 2.60. The summed E-state index contributed by atoms with van der Waals surface area (Å²) < 4.78 is 10.6. The van der Waals surface area contributed by atoms with Crippen LogP contribution in [0.4, 0.5) is 0 Å². The highest BCUT2D eigenvalue weighted by atomic mass is 35.5. The van der Waals surface area contributed by atoms with Crippen LogP contribution in [0.15, 0.2) is 18.2 Å². The van der Waals surface area contributed by atoms with Crippen LogP contribution in [0.5, 0.6) is 11.5 Å². The van der Waals surface area contributed by atoms with Gasteiger partial charge in [-0.1, -0.05) is 6.07 Å². The Labute approximate surface area is 162 Å². The third-order valence-corrected chi connectivity index (χ3v) is 4.30. The number of piperazine rings is 1. The van der Waals surface area contributed by atoms with E-state index in [0.717, 1.165) is 31.7 Å². The summed E-state index contributed by atoms with van der Waals surface area (Å²) in [5.74, 6) is 1.52. The molecule has 0 aliphatic carbocycles. The average molecular weight is 394 g/mol. The quantitative estimate of drug-likeness (QED) is 0.798. The maximum absolute atomic E-state index is 12.6. The van der Waals surface area contributed by atoms with Crippen molar-refractivity contribution in [3.8, 4) is 11.5 Å². The lowest BCUT2D eigenvalue weighted by Crippen LogP contribution is -2.52. The Morgan fingerprint density at radius 1 is 1.20 bits per heavy atom. The van der Waals surface area contributed by atoms with Crippen molar-refractivity contribution in [2.24, 2.45) is 0 Å². The maximum atomic E-state index is 12.6. The van der Waals surface area contributed by atoms with Crippen molar-refractivity contribution in [3.63, 3.8) is 0 Å². The van der Waals surface area contributed by atoms with Gasteiger partial charge < -0.3 is 19.7 Å². The summed E-state index contributed by atoms with van der Waals surface area (Å²) in [5.41, 5.74) is 1.02. The normalized spacial score (nSPS) is 15.4. The number of nitrogens with zero attached hydrogens (tertiary/aromatic N) is 2. The number of amides is 1. The van der Waals surface area contributed by atoms with E-state index in [-0.39, 0.29) is 36.8 Å². The van der Waals surface area contributed by atoms with Gasteiger partial charge in [0.25, 0.3) is 0 Å². The van der Waals surface area contributed by atoms with Gasteiger partial charge in [0, 0.05) is 39.8 Å². The molecule has 1 aliphatic rings. The van der Waals surface area contributed by atoms with Gasteiger partial charge >= 0.3 is 0 Å². The fourth-order valence-corrected chi connectivity index (χ4v) is 2.88. The number of benzene rings is 1. The molecule has 0 bridgehead atoms. The molecule has 1 heterocycles. The number of ether oxygens (including phenoxy) is 2. The highest BCUT2D eigenvalue weighted by molar-refractivity contribution is 5.85. The smallest absolute Gasteiger partial charge is 0.239 e. The number of likely N-dealkylation sites (N-methyl/N-ethyl adjacent to an activating group) is 1. The second-order valence-corrected chi connectivity index (χ2v) is 5.85. The van der Waals surface area contributed by atoms with Crippen molar-refractivity contribution in [2.45, 2.75) is 19.5 Å². The van der Waals surface area contributed by atoms with Crippen molar-refractivity contribution in [3.05, 3.63) is 23.8 Å². The second kappa shape index (κ2) is 11.4. The Kier molecular flexibility index (Phi) is 10.9. The molecule has 1 aliphatic heterocycles. The molecule has 1 unspecified atom stereocenters. The van der Waals surface area contributed by atoms with E-state index in [1.807, 2.05) is 32.2 Å². The third-order valence-electron chi connectivity index (χ3n) is 4.30. The first-order chi connectivity index (χ1) is 11.1. The maximum Gasteiger partial charge on any atom is 0.239 e. The molecule has 1 saturated heterocycles. The van der Waals surface area contributed by atoms with Crippen LogP contribution in [0.2, 0.25) is 0 Å². The Bertz CT molecular complexity index is 540. The van der Waals surface area contributed by atoms with Gasteiger partial charge in [0.05, 0.1) is 20.3 Å². The molecule has 1 N–H and O–H groups in total. The van der Waals surface area contributed by atoms with Crippen LogP contribution in [0, 0.1) is 0 Å². The Balaban J connectivity index is 0.00000288. The molecule has 1 aromatic carbocycles. The van der Waals surface area contributed by atoms with Crippen LogP contribution in [0.25, 0.3) is 0 Å². The lowest BCUT2D eigenvalue weighted by atomic mass is 10.1. The predicted molar refractivity (Wildman–Crippen MR) is 104 cm³/mol. The summed E-state index contributed by atoms with van der Waals surface area (Å²) >= 11 is 0. The molecule has 0 saturated carbocycles. The molecule has 1 fully saturated rings. The fourth-order valence-electron chi connectivity index (χ4n) is 2.88. The number of halogens is 2. The molecule has 1 aromatic rings. The highest BCUT2D eigenvalue weighted by Crippen LogP contribution is 2.28. The van der Waals surface area contributed by atoms with Gasteiger partial charge in [0.15, 0.2) is 11.5 Å². The fraction of sp³-hybridized carbons (Fsp3) is 0.588. The van der Waals surface area contributed by atoms with E-state index in [0.29, 0.717) is 18.0 Å². The minimum atomic E-state index is -0.0951. The van der Waals surface area contributed by atoms with Crippen LogP contribution in [0.3, 0.4) is 0 Å². The van der Waals surface area contributed by atoms with E-state index in [1.165, 1.54) is 0 Å². The Morgan fingerprint density at radius 3 is 2.36 bits per heavy atom. The van der Waals surface area contributed by atoms with Gasteiger partial charge in [0.2, 0.25) is 5.91 Å². The zero-order valence-corrected chi connectivity index (χ0v) is 16.9. The van der Waals surface area contributed by atoms with Gasteiger partial charge in [0.1, 0.15) is 0 Å². The molecular formula is C17H29Cl2N3O3. The number of carbonyl (C=O) groups is 1. The van der Waals surface area contributed by atoms with E-state index in [2.05, 4.69) is 10.2 Å². The molecule has 8 heteroatoms. The Morgan fingerprint density at radius 2 is 1.80 bits per heavy atom. The van der Waals surface area contributed by atoms with E-state index in [4.69, 9.17) is 9.47 Å². The molecular weight excluding hydrogens is 365 g/mol. The lowest BCUT2D eigenvalue weighted by Gasteiger charge is -2.34. The number of hydrogen-bond donors (Lipinski definition) is 1. The van der Waals surface area contributed by atoms with E-state index in [1.54, 1.807) is 19.1 Å². The van der Waals surface area contributed by atoms with E-state index < -0.39 is 0 Å². The van der Waals surface area contributed by atoms with Crippen molar-refractivity contribution in [2.75, 3.05) is 47.4 Å². The molecule has 0 radical (unpaired) electrons. The number of methoxy groups -OCH3 is 2. The number of hydrogen-bond acceptors (Lipinski definition) is 5. The summed E-state index contributed by atoms with van der Waals surface area (Å²) in [5, 5.41) is 3.31. The standard InChI is InChI=1S/C17H27N3O3.2ClH/c1-13(20-9-7-18-8-10-20)17(21)19(2)12-14-5-6-15(22-3)16(11-14)23-4;;/h5-6,11,13,18H,7-10,12H2,1-4H3;2*1H. The van der Waals surface area contributed by atoms with Gasteiger partial charge in [-0.3, -0.25) is 9.69 Å². The summed E-state index contributed by atoms with van der Waals surface area (Å²) in [7, 11) is 5.07. The molecule has 6 nitrogen and oxygen atoms in total. The molecule has 0 aromatic heterocycles. The minimum absolute atomic E-state index is 0. The summed E-state index contributed by atoms with van der Waals surface area (Å²) in [6, 6.07) is 5.65. The van der Waals surface area contributed by atoms with E-state index in [9.17, 15) is 4.79 Å². The monoisotopic (exact) mass is 393 g/mol. The molecule has 2 rings (SSSR count). The zero-order chi connectivity index (χ0) is 16.8. The molecule has 1 amide bonds. The van der Waals surface area contributed by atoms with Gasteiger partial charge in [-0.25, -0.2) is 0 Å². The van der Waals surface area contributed by atoms with Gasteiger partial charge in [-0.2, -0.15) is 0 Å². The molecule has 0 spiro atoms. The van der Waals surface area contributed by atoms with Crippen LogP contribution >= 0.6 is 24.8 Å².